The molecule has 1 aliphatic carbocycles. The third-order valence-corrected chi connectivity index (χ3v) is 4.87. The molecule has 1 saturated carbocycles. The van der Waals surface area contributed by atoms with E-state index in [4.69, 9.17) is 0 Å². The Balaban J connectivity index is 2.10. The van der Waals surface area contributed by atoms with Crippen LogP contribution in [0.2, 0.25) is 0 Å². The molecule has 1 aliphatic rings. The molecule has 0 unspecified atom stereocenters. The van der Waals surface area contributed by atoms with Gasteiger partial charge in [0.25, 0.3) is 0 Å². The van der Waals surface area contributed by atoms with E-state index in [9.17, 15) is 9.59 Å². The first-order valence-electron chi connectivity index (χ1n) is 8.71. The summed E-state index contributed by atoms with van der Waals surface area (Å²) in [6, 6.07) is 8.15. The maximum atomic E-state index is 12.7. The average Bonchev–Trinajstić information content (AvgIpc) is 3.04. The highest BCUT2D eigenvalue weighted by atomic mass is 16.2. The Hall–Kier alpha value is -1.84. The molecule has 1 aromatic carbocycles. The second-order valence-corrected chi connectivity index (χ2v) is 6.45. The van der Waals surface area contributed by atoms with E-state index in [-0.39, 0.29) is 17.7 Å². The molecule has 0 aromatic heterocycles. The minimum absolute atomic E-state index is 0.0422. The lowest BCUT2D eigenvalue weighted by Crippen LogP contribution is -2.57. The second-order valence-electron chi connectivity index (χ2n) is 6.45. The van der Waals surface area contributed by atoms with Gasteiger partial charge in [-0.1, -0.05) is 44.0 Å². The molecule has 1 fully saturated rings. The predicted octanol–water partition coefficient (Wildman–Crippen LogP) is 2.92. The van der Waals surface area contributed by atoms with Crippen LogP contribution in [0, 0.1) is 0 Å². The number of amides is 2. The lowest BCUT2D eigenvalue weighted by molar-refractivity contribution is -0.133. The summed E-state index contributed by atoms with van der Waals surface area (Å²) in [7, 11) is 0. The van der Waals surface area contributed by atoms with Gasteiger partial charge in [-0.15, -0.1) is 0 Å². The molecule has 4 nitrogen and oxygen atoms in total. The Labute approximate surface area is 139 Å². The van der Waals surface area contributed by atoms with E-state index in [2.05, 4.69) is 29.7 Å². The molecule has 0 saturated heterocycles. The minimum atomic E-state index is -0.718. The highest BCUT2D eigenvalue weighted by molar-refractivity contribution is 5.93. The van der Waals surface area contributed by atoms with Crippen molar-refractivity contribution in [2.75, 3.05) is 6.54 Å². The first kappa shape index (κ1) is 17.5. The quantitative estimate of drug-likeness (QED) is 0.848. The molecule has 2 N–H and O–H groups in total. The van der Waals surface area contributed by atoms with Gasteiger partial charge in [0.1, 0.15) is 5.54 Å². The molecule has 0 heterocycles. The zero-order chi connectivity index (χ0) is 16.9. The van der Waals surface area contributed by atoms with E-state index in [1.54, 1.807) is 0 Å². The lowest BCUT2D eigenvalue weighted by Gasteiger charge is -2.30. The van der Waals surface area contributed by atoms with Crippen LogP contribution in [0.15, 0.2) is 24.3 Å². The first-order valence-corrected chi connectivity index (χ1v) is 8.71. The van der Waals surface area contributed by atoms with E-state index in [0.29, 0.717) is 6.54 Å². The average molecular weight is 316 g/mol. The molecule has 2 rings (SSSR count). The lowest BCUT2D eigenvalue weighted by atomic mass is 9.93. The van der Waals surface area contributed by atoms with Crippen LogP contribution in [0.4, 0.5) is 0 Å². The van der Waals surface area contributed by atoms with Gasteiger partial charge in [-0.05, 0) is 44.2 Å². The number of carbonyl (C=O) groups is 2. The van der Waals surface area contributed by atoms with Crippen molar-refractivity contribution in [3.05, 3.63) is 35.4 Å². The normalized spacial score (nSPS) is 17.5. The summed E-state index contributed by atoms with van der Waals surface area (Å²) < 4.78 is 0. The van der Waals surface area contributed by atoms with E-state index >= 15 is 0 Å². The number of benzene rings is 1. The molecule has 0 spiro atoms. The van der Waals surface area contributed by atoms with Gasteiger partial charge in [-0.25, -0.2) is 0 Å². The van der Waals surface area contributed by atoms with Crippen molar-refractivity contribution >= 4 is 11.8 Å². The fraction of sp³-hybridized carbons (Fsp3) is 0.579. The number of likely N-dealkylation sites (N-methyl/N-ethyl adjacent to an activating group) is 1. The van der Waals surface area contributed by atoms with Gasteiger partial charge in [0.2, 0.25) is 11.8 Å². The largest absolute Gasteiger partial charge is 0.354 e. The number of nitrogens with one attached hydrogen (secondary N) is 2. The van der Waals surface area contributed by atoms with E-state index in [1.165, 1.54) is 5.56 Å². The van der Waals surface area contributed by atoms with Gasteiger partial charge >= 0.3 is 0 Å². The Morgan fingerprint density at radius 1 is 1.13 bits per heavy atom. The van der Waals surface area contributed by atoms with Gasteiger partial charge in [-0.3, -0.25) is 9.59 Å². The van der Waals surface area contributed by atoms with Crippen molar-refractivity contribution in [2.24, 2.45) is 0 Å². The summed E-state index contributed by atoms with van der Waals surface area (Å²) in [6.07, 6.45) is 4.41. The monoisotopic (exact) mass is 316 g/mol. The number of aryl methyl sites for hydroxylation is 1. The van der Waals surface area contributed by atoms with Gasteiger partial charge in [0.15, 0.2) is 0 Å². The molecule has 23 heavy (non-hydrogen) atoms. The third kappa shape index (κ3) is 3.92. The van der Waals surface area contributed by atoms with Crippen LogP contribution in [0.1, 0.15) is 63.5 Å². The van der Waals surface area contributed by atoms with Crippen molar-refractivity contribution in [1.29, 1.82) is 0 Å². The zero-order valence-corrected chi connectivity index (χ0v) is 14.4. The van der Waals surface area contributed by atoms with Crippen LogP contribution in [-0.2, 0) is 16.0 Å². The highest BCUT2D eigenvalue weighted by Gasteiger charge is 2.42. The zero-order valence-electron chi connectivity index (χ0n) is 14.4. The molecule has 0 radical (unpaired) electrons. The Bertz CT molecular complexity index is 545. The van der Waals surface area contributed by atoms with Gasteiger partial charge in [0.05, 0.1) is 5.92 Å². The van der Waals surface area contributed by atoms with Crippen molar-refractivity contribution in [3.63, 3.8) is 0 Å². The molecule has 1 atom stereocenters. The topological polar surface area (TPSA) is 58.2 Å². The number of hydrogen-bond donors (Lipinski definition) is 2. The van der Waals surface area contributed by atoms with Crippen LogP contribution in [-0.4, -0.2) is 23.9 Å². The maximum absolute atomic E-state index is 12.7. The Morgan fingerprint density at radius 3 is 2.26 bits per heavy atom. The standard InChI is InChI=1S/C19H28N2O2/c1-4-15-8-10-16(11-9-15)14(3)17(22)21-19(12-6-7-13-19)18(23)20-5-2/h8-11,14H,4-7,12-13H2,1-3H3,(H,20,23)(H,21,22)/t14-/m0/s1. The van der Waals surface area contributed by atoms with Crippen molar-refractivity contribution in [1.82, 2.24) is 10.6 Å². The molecule has 4 heteroatoms. The van der Waals surface area contributed by atoms with Crippen LogP contribution in [0.3, 0.4) is 0 Å². The van der Waals surface area contributed by atoms with Crippen molar-refractivity contribution < 1.29 is 9.59 Å². The fourth-order valence-electron chi connectivity index (χ4n) is 3.25. The van der Waals surface area contributed by atoms with Crippen LogP contribution in [0.25, 0.3) is 0 Å². The Kier molecular flexibility index (Phi) is 5.80. The first-order chi connectivity index (χ1) is 11.0. The summed E-state index contributed by atoms with van der Waals surface area (Å²) in [4.78, 5) is 25.1. The van der Waals surface area contributed by atoms with Crippen LogP contribution < -0.4 is 10.6 Å². The van der Waals surface area contributed by atoms with E-state index in [1.807, 2.05) is 26.0 Å². The summed E-state index contributed by atoms with van der Waals surface area (Å²) in [5.41, 5.74) is 1.53. The molecule has 1 aromatic rings. The minimum Gasteiger partial charge on any atom is -0.354 e. The van der Waals surface area contributed by atoms with Gasteiger partial charge in [-0.2, -0.15) is 0 Å². The number of rotatable bonds is 6. The van der Waals surface area contributed by atoms with E-state index < -0.39 is 5.54 Å². The number of carbonyl (C=O) groups excluding carboxylic acids is 2. The van der Waals surface area contributed by atoms with Crippen molar-refractivity contribution in [2.45, 2.75) is 64.3 Å². The summed E-state index contributed by atoms with van der Waals surface area (Å²) >= 11 is 0. The molecular weight excluding hydrogens is 288 g/mol. The smallest absolute Gasteiger partial charge is 0.245 e. The predicted molar refractivity (Wildman–Crippen MR) is 92.3 cm³/mol. The molecule has 0 bridgehead atoms. The highest BCUT2D eigenvalue weighted by Crippen LogP contribution is 2.31. The third-order valence-electron chi connectivity index (χ3n) is 4.87. The molecule has 126 valence electrons. The molecule has 2 amide bonds. The maximum Gasteiger partial charge on any atom is 0.245 e. The Morgan fingerprint density at radius 2 is 1.74 bits per heavy atom. The second kappa shape index (κ2) is 7.62. The fourth-order valence-corrected chi connectivity index (χ4v) is 3.25. The van der Waals surface area contributed by atoms with Gasteiger partial charge in [0, 0.05) is 6.54 Å². The van der Waals surface area contributed by atoms with Gasteiger partial charge < -0.3 is 10.6 Å². The van der Waals surface area contributed by atoms with Crippen LogP contribution in [0.5, 0.6) is 0 Å². The summed E-state index contributed by atoms with van der Waals surface area (Å²) in [5.74, 6) is -0.366. The summed E-state index contributed by atoms with van der Waals surface area (Å²) in [5, 5.41) is 5.93. The molecule has 0 aliphatic heterocycles. The summed E-state index contributed by atoms with van der Waals surface area (Å²) in [6.45, 7) is 6.50. The number of hydrogen-bond acceptors (Lipinski definition) is 2. The van der Waals surface area contributed by atoms with Crippen molar-refractivity contribution in [3.8, 4) is 0 Å². The molecular formula is C19H28N2O2. The SMILES string of the molecule is CCNC(=O)C1(NC(=O)[C@@H](C)c2ccc(CC)cc2)CCCC1. The van der Waals surface area contributed by atoms with Crippen LogP contribution >= 0.6 is 0 Å². The van der Waals surface area contributed by atoms with E-state index in [0.717, 1.165) is 37.7 Å².